The summed E-state index contributed by atoms with van der Waals surface area (Å²) in [6, 6.07) is 0. The summed E-state index contributed by atoms with van der Waals surface area (Å²) in [7, 11) is 0. The van der Waals surface area contributed by atoms with Crippen LogP contribution in [-0.2, 0) is 14.3 Å². The van der Waals surface area contributed by atoms with Gasteiger partial charge in [-0.15, -0.1) is 0 Å². The first kappa shape index (κ1) is 13.4. The second kappa shape index (κ2) is 5.62. The number of esters is 1. The minimum absolute atomic E-state index is 0.0366. The Balaban J connectivity index is 2.88. The second-order valence-electron chi connectivity index (χ2n) is 4.27. The fourth-order valence-electron chi connectivity index (χ4n) is 1.71. The number of ether oxygens (including phenoxy) is 1. The highest BCUT2D eigenvalue weighted by Crippen LogP contribution is 2.32. The molecule has 17 heavy (non-hydrogen) atoms. The molecule has 0 aromatic rings. The normalized spacial score (nSPS) is 23.0. The number of carbonyl (C=O) groups is 2. The predicted molar refractivity (Wildman–Crippen MR) is 66.4 cm³/mol. The van der Waals surface area contributed by atoms with Crippen molar-refractivity contribution >= 4 is 11.8 Å². The van der Waals surface area contributed by atoms with Crippen LogP contribution in [-0.4, -0.2) is 17.9 Å². The van der Waals surface area contributed by atoms with E-state index in [1.165, 1.54) is 13.8 Å². The molecule has 1 aliphatic rings. The van der Waals surface area contributed by atoms with Crippen LogP contribution in [0.5, 0.6) is 0 Å². The average Bonchev–Trinajstić information content (AvgIpc) is 2.55. The average molecular weight is 234 g/mol. The number of Topliss-reactive ketones (excluding diaryl/α,β-unsaturated/α-hetero) is 1. The van der Waals surface area contributed by atoms with E-state index in [0.29, 0.717) is 5.57 Å². The largest absolute Gasteiger partial charge is 0.458 e. The van der Waals surface area contributed by atoms with E-state index in [0.717, 1.165) is 24.0 Å². The van der Waals surface area contributed by atoms with Gasteiger partial charge in [-0.25, -0.2) is 0 Å². The topological polar surface area (TPSA) is 43.4 Å². The molecule has 1 unspecified atom stereocenters. The van der Waals surface area contributed by atoms with Crippen LogP contribution in [0.4, 0.5) is 0 Å². The summed E-state index contributed by atoms with van der Waals surface area (Å²) >= 11 is 0. The van der Waals surface area contributed by atoms with Crippen LogP contribution >= 0.6 is 0 Å². The number of hydrogen-bond acceptors (Lipinski definition) is 3. The number of carbonyl (C=O) groups excluding carboxylic acids is 2. The molecule has 0 bridgehead atoms. The van der Waals surface area contributed by atoms with E-state index in [1.54, 1.807) is 13.0 Å². The van der Waals surface area contributed by atoms with Crippen LogP contribution in [0.15, 0.2) is 35.5 Å². The van der Waals surface area contributed by atoms with E-state index in [2.05, 4.69) is 6.58 Å². The van der Waals surface area contributed by atoms with Crippen LogP contribution < -0.4 is 0 Å². The Morgan fingerprint density at radius 2 is 2.00 bits per heavy atom. The lowest BCUT2D eigenvalue weighted by Gasteiger charge is -2.11. The van der Waals surface area contributed by atoms with Crippen LogP contribution in [0.1, 0.15) is 33.6 Å². The Hall–Kier alpha value is -1.64. The lowest BCUT2D eigenvalue weighted by molar-refractivity contribution is -0.144. The first-order valence-corrected chi connectivity index (χ1v) is 5.66. The third-order valence-corrected chi connectivity index (χ3v) is 2.84. The fraction of sp³-hybridized carbons (Fsp3) is 0.429. The van der Waals surface area contributed by atoms with Gasteiger partial charge in [0.2, 0.25) is 0 Å². The molecular formula is C14H18O3. The van der Waals surface area contributed by atoms with Crippen LogP contribution in [0.25, 0.3) is 0 Å². The summed E-state index contributed by atoms with van der Waals surface area (Å²) < 4.78 is 5.20. The van der Waals surface area contributed by atoms with Crippen molar-refractivity contribution in [2.45, 2.75) is 39.7 Å². The van der Waals surface area contributed by atoms with Crippen LogP contribution in [0.2, 0.25) is 0 Å². The molecule has 1 rings (SSSR count). The third kappa shape index (κ3) is 3.70. The van der Waals surface area contributed by atoms with E-state index in [4.69, 9.17) is 4.74 Å². The van der Waals surface area contributed by atoms with Crippen molar-refractivity contribution in [3.05, 3.63) is 35.5 Å². The number of allylic oxidation sites excluding steroid dienone is 3. The molecule has 0 aromatic heterocycles. The summed E-state index contributed by atoms with van der Waals surface area (Å²) in [5.74, 6) is -0.252. The molecule has 92 valence electrons. The molecule has 0 aliphatic heterocycles. The van der Waals surface area contributed by atoms with Gasteiger partial charge in [0, 0.05) is 6.92 Å². The summed E-state index contributed by atoms with van der Waals surface area (Å²) in [4.78, 5) is 22.0. The maximum absolute atomic E-state index is 11.1. The Bertz CT molecular complexity index is 413. The molecule has 0 amide bonds. The molecule has 0 spiro atoms. The van der Waals surface area contributed by atoms with Crippen molar-refractivity contribution < 1.29 is 14.3 Å². The highest BCUT2D eigenvalue weighted by Gasteiger charge is 2.26. The van der Waals surface area contributed by atoms with Gasteiger partial charge in [0.25, 0.3) is 0 Å². The van der Waals surface area contributed by atoms with Crippen molar-refractivity contribution in [2.75, 3.05) is 0 Å². The lowest BCUT2D eigenvalue weighted by Crippen LogP contribution is -2.14. The van der Waals surface area contributed by atoms with Gasteiger partial charge in [-0.1, -0.05) is 18.7 Å². The third-order valence-electron chi connectivity index (χ3n) is 2.84. The SMILES string of the molecule is C=C1CCC(OC(C)=O)/C1=C/C=C(\C)C(C)=O. The predicted octanol–water partition coefficient (Wildman–Crippen LogP) is 2.73. The van der Waals surface area contributed by atoms with E-state index in [9.17, 15) is 9.59 Å². The van der Waals surface area contributed by atoms with Gasteiger partial charge in [0.15, 0.2) is 5.78 Å². The first-order valence-electron chi connectivity index (χ1n) is 5.66. The molecule has 0 aromatic carbocycles. The maximum atomic E-state index is 11.1. The van der Waals surface area contributed by atoms with E-state index >= 15 is 0 Å². The summed E-state index contributed by atoms with van der Waals surface area (Å²) in [5.41, 5.74) is 2.57. The summed E-state index contributed by atoms with van der Waals surface area (Å²) in [6.45, 7) is 8.63. The van der Waals surface area contributed by atoms with Gasteiger partial charge in [-0.2, -0.15) is 0 Å². The van der Waals surface area contributed by atoms with Gasteiger partial charge in [0.1, 0.15) is 6.10 Å². The first-order chi connectivity index (χ1) is 7.91. The Morgan fingerprint density at radius 3 is 2.53 bits per heavy atom. The molecule has 1 fully saturated rings. The van der Waals surface area contributed by atoms with E-state index < -0.39 is 0 Å². The number of hydrogen-bond donors (Lipinski definition) is 0. The van der Waals surface area contributed by atoms with Gasteiger partial charge in [0.05, 0.1) is 0 Å². The second-order valence-corrected chi connectivity index (χ2v) is 4.27. The zero-order chi connectivity index (χ0) is 13.0. The molecule has 1 saturated carbocycles. The van der Waals surface area contributed by atoms with Crippen molar-refractivity contribution in [2.24, 2.45) is 0 Å². The van der Waals surface area contributed by atoms with Crippen LogP contribution in [0, 0.1) is 0 Å². The molecular weight excluding hydrogens is 216 g/mol. The van der Waals surface area contributed by atoms with Crippen molar-refractivity contribution in [3.8, 4) is 0 Å². The van der Waals surface area contributed by atoms with Crippen molar-refractivity contribution in [3.63, 3.8) is 0 Å². The molecule has 0 radical (unpaired) electrons. The fourth-order valence-corrected chi connectivity index (χ4v) is 1.71. The van der Waals surface area contributed by atoms with Crippen molar-refractivity contribution in [1.29, 1.82) is 0 Å². The maximum Gasteiger partial charge on any atom is 0.303 e. The number of ketones is 1. The lowest BCUT2D eigenvalue weighted by atomic mass is 10.1. The minimum Gasteiger partial charge on any atom is -0.458 e. The molecule has 0 saturated heterocycles. The zero-order valence-corrected chi connectivity index (χ0v) is 10.6. The molecule has 1 aliphatic carbocycles. The number of rotatable bonds is 3. The zero-order valence-electron chi connectivity index (χ0n) is 10.6. The Kier molecular flexibility index (Phi) is 4.44. The monoisotopic (exact) mass is 234 g/mol. The molecule has 0 N–H and O–H groups in total. The van der Waals surface area contributed by atoms with Crippen LogP contribution in [0.3, 0.4) is 0 Å². The Labute approximate surface area is 102 Å². The summed E-state index contributed by atoms with van der Waals surface area (Å²) in [5, 5.41) is 0. The smallest absolute Gasteiger partial charge is 0.303 e. The molecule has 3 heteroatoms. The highest BCUT2D eigenvalue weighted by molar-refractivity contribution is 5.92. The van der Waals surface area contributed by atoms with Gasteiger partial charge in [-0.3, -0.25) is 9.59 Å². The molecule has 0 heterocycles. The van der Waals surface area contributed by atoms with E-state index in [1.807, 2.05) is 6.08 Å². The van der Waals surface area contributed by atoms with Gasteiger partial charge < -0.3 is 4.74 Å². The van der Waals surface area contributed by atoms with Gasteiger partial charge in [-0.05, 0) is 43.4 Å². The molecule has 1 atom stereocenters. The molecule has 3 nitrogen and oxygen atoms in total. The highest BCUT2D eigenvalue weighted by atomic mass is 16.5. The minimum atomic E-state index is -0.289. The Morgan fingerprint density at radius 1 is 1.35 bits per heavy atom. The summed E-state index contributed by atoms with van der Waals surface area (Å²) in [6.07, 6.45) is 4.98. The van der Waals surface area contributed by atoms with E-state index in [-0.39, 0.29) is 17.9 Å². The quantitative estimate of drug-likeness (QED) is 0.557. The van der Waals surface area contributed by atoms with Gasteiger partial charge >= 0.3 is 5.97 Å². The van der Waals surface area contributed by atoms with Crippen molar-refractivity contribution in [1.82, 2.24) is 0 Å². The standard InChI is InChI=1S/C14H18O3/c1-9(11(3)15)5-7-13-10(2)6-8-14(13)17-12(4)16/h5,7,14H,2,6,8H2,1,3-4H3/b9-5+,13-7+.